The van der Waals surface area contributed by atoms with Crippen molar-refractivity contribution in [3.05, 3.63) is 56.4 Å². The standard InChI is InChI=1S/C27H34N4O3S/c1-18-23-26(29-22-9-5-3-8-16-31(22)27(23)33)35-24(18)25(32)28-17-21(30-14-6-4-7-15-30)19-10-12-20(34-2)13-11-19/h10-13,21H,3-9,14-17H2,1-2H3,(H,28,32). The predicted octanol–water partition coefficient (Wildman–Crippen LogP) is 4.46. The van der Waals surface area contributed by atoms with Gasteiger partial charge in [0.25, 0.3) is 11.5 Å². The maximum Gasteiger partial charge on any atom is 0.262 e. The van der Waals surface area contributed by atoms with Gasteiger partial charge in [-0.05, 0) is 69.0 Å². The van der Waals surface area contributed by atoms with Crippen molar-refractivity contribution in [1.82, 2.24) is 19.8 Å². The van der Waals surface area contributed by atoms with Gasteiger partial charge in [-0.25, -0.2) is 4.98 Å². The zero-order valence-corrected chi connectivity index (χ0v) is 21.5. The Morgan fingerprint density at radius 3 is 2.54 bits per heavy atom. The van der Waals surface area contributed by atoms with E-state index in [4.69, 9.17) is 9.72 Å². The first-order valence-electron chi connectivity index (χ1n) is 12.8. The SMILES string of the molecule is COc1ccc(C(CNC(=O)c2sc3nc4n(c(=O)c3c2C)CCCCC4)N2CCCCC2)cc1. The Hall–Kier alpha value is -2.71. The number of aromatic nitrogens is 2. The summed E-state index contributed by atoms with van der Waals surface area (Å²) in [6.07, 6.45) is 7.61. The summed E-state index contributed by atoms with van der Waals surface area (Å²) in [5.74, 6) is 1.56. The summed E-state index contributed by atoms with van der Waals surface area (Å²) in [5.41, 5.74) is 1.92. The van der Waals surface area contributed by atoms with Crippen molar-refractivity contribution in [3.8, 4) is 5.75 Å². The molecule has 0 radical (unpaired) electrons. The number of hydrogen-bond donors (Lipinski definition) is 1. The molecule has 7 nitrogen and oxygen atoms in total. The summed E-state index contributed by atoms with van der Waals surface area (Å²) < 4.78 is 7.16. The van der Waals surface area contributed by atoms with E-state index >= 15 is 0 Å². The molecule has 0 bridgehead atoms. The second-order valence-electron chi connectivity index (χ2n) is 9.63. The average Bonchev–Trinajstić information content (AvgIpc) is 3.05. The van der Waals surface area contributed by atoms with Crippen LogP contribution in [-0.2, 0) is 13.0 Å². The number of piperidine rings is 1. The summed E-state index contributed by atoms with van der Waals surface area (Å²) in [6.45, 7) is 5.17. The first kappa shape index (κ1) is 24.0. The topological polar surface area (TPSA) is 76.5 Å². The molecule has 1 amide bonds. The molecule has 0 saturated carbocycles. The maximum absolute atomic E-state index is 13.4. The zero-order chi connectivity index (χ0) is 24.4. The van der Waals surface area contributed by atoms with Crippen molar-refractivity contribution in [2.45, 2.75) is 64.5 Å². The number of rotatable bonds is 6. The fourth-order valence-electron chi connectivity index (χ4n) is 5.41. The predicted molar refractivity (Wildman–Crippen MR) is 140 cm³/mol. The molecule has 2 aliphatic heterocycles. The van der Waals surface area contributed by atoms with Gasteiger partial charge < -0.3 is 10.1 Å². The van der Waals surface area contributed by atoms with Crippen LogP contribution >= 0.6 is 11.3 Å². The van der Waals surface area contributed by atoms with Crippen LogP contribution in [0.25, 0.3) is 10.2 Å². The monoisotopic (exact) mass is 494 g/mol. The van der Waals surface area contributed by atoms with Crippen LogP contribution in [0.15, 0.2) is 29.1 Å². The highest BCUT2D eigenvalue weighted by molar-refractivity contribution is 7.20. The molecule has 8 heteroatoms. The lowest BCUT2D eigenvalue weighted by Gasteiger charge is -2.35. The van der Waals surface area contributed by atoms with E-state index in [1.54, 1.807) is 7.11 Å². The number of fused-ring (bicyclic) bond motifs is 2. The number of likely N-dealkylation sites (tertiary alicyclic amines) is 1. The lowest BCUT2D eigenvalue weighted by molar-refractivity contribution is 0.0928. The molecule has 1 N–H and O–H groups in total. The number of ether oxygens (including phenoxy) is 1. The van der Waals surface area contributed by atoms with Gasteiger partial charge in [0.2, 0.25) is 0 Å². The minimum atomic E-state index is -0.124. The number of nitrogens with one attached hydrogen (secondary N) is 1. The van der Waals surface area contributed by atoms with Gasteiger partial charge in [-0.15, -0.1) is 11.3 Å². The van der Waals surface area contributed by atoms with Crippen LogP contribution in [0.5, 0.6) is 5.75 Å². The van der Waals surface area contributed by atoms with E-state index in [1.807, 2.05) is 23.6 Å². The van der Waals surface area contributed by atoms with E-state index in [0.717, 1.165) is 55.9 Å². The second kappa shape index (κ2) is 10.5. The normalized spacial score (nSPS) is 17.5. The third-order valence-electron chi connectivity index (χ3n) is 7.41. The molecule has 35 heavy (non-hydrogen) atoms. The van der Waals surface area contributed by atoms with Crippen molar-refractivity contribution in [1.29, 1.82) is 0 Å². The van der Waals surface area contributed by atoms with Crippen LogP contribution < -0.4 is 15.6 Å². The Bertz CT molecular complexity index is 1260. The molecule has 0 aliphatic carbocycles. The van der Waals surface area contributed by atoms with E-state index in [-0.39, 0.29) is 17.5 Å². The molecule has 1 atom stereocenters. The average molecular weight is 495 g/mol. The number of carbonyl (C=O) groups excluding carboxylic acids is 1. The van der Waals surface area contributed by atoms with E-state index in [9.17, 15) is 9.59 Å². The third-order valence-corrected chi connectivity index (χ3v) is 8.59. The van der Waals surface area contributed by atoms with Gasteiger partial charge in [0.05, 0.1) is 23.4 Å². The summed E-state index contributed by atoms with van der Waals surface area (Å²) >= 11 is 1.35. The molecular weight excluding hydrogens is 460 g/mol. The molecule has 5 rings (SSSR count). The lowest BCUT2D eigenvalue weighted by Crippen LogP contribution is -2.40. The highest BCUT2D eigenvalue weighted by Gasteiger charge is 2.26. The summed E-state index contributed by atoms with van der Waals surface area (Å²) in [5, 5.41) is 3.79. The second-order valence-corrected chi connectivity index (χ2v) is 10.6. The molecule has 2 aliphatic rings. The molecule has 4 heterocycles. The number of carbonyl (C=O) groups is 1. The quantitative estimate of drug-likeness (QED) is 0.548. The maximum atomic E-state index is 13.4. The van der Waals surface area contributed by atoms with Gasteiger partial charge in [-0.1, -0.05) is 25.0 Å². The number of hydrogen-bond acceptors (Lipinski definition) is 6. The molecule has 1 unspecified atom stereocenters. The van der Waals surface area contributed by atoms with E-state index in [2.05, 4.69) is 22.3 Å². The van der Waals surface area contributed by atoms with Crippen LogP contribution in [0.1, 0.15) is 71.2 Å². The molecule has 1 aromatic carbocycles. The van der Waals surface area contributed by atoms with Crippen LogP contribution in [0.3, 0.4) is 0 Å². The number of nitrogens with zero attached hydrogens (tertiary/aromatic N) is 3. The molecule has 3 aromatic rings. The number of amides is 1. The zero-order valence-electron chi connectivity index (χ0n) is 20.6. The molecule has 186 valence electrons. The third kappa shape index (κ3) is 4.86. The lowest BCUT2D eigenvalue weighted by atomic mass is 10.0. The number of benzene rings is 1. The molecule has 1 saturated heterocycles. The fourth-order valence-corrected chi connectivity index (χ4v) is 6.52. The molecule has 1 fully saturated rings. The minimum Gasteiger partial charge on any atom is -0.497 e. The molecule has 2 aromatic heterocycles. The van der Waals surface area contributed by atoms with Gasteiger partial charge in [0.1, 0.15) is 16.4 Å². The van der Waals surface area contributed by atoms with Crippen molar-refractivity contribution < 1.29 is 9.53 Å². The molecular formula is C27H34N4O3S. The highest BCUT2D eigenvalue weighted by atomic mass is 32.1. The van der Waals surface area contributed by atoms with Crippen molar-refractivity contribution in [3.63, 3.8) is 0 Å². The number of methoxy groups -OCH3 is 1. The van der Waals surface area contributed by atoms with E-state index in [1.165, 1.54) is 36.2 Å². The van der Waals surface area contributed by atoms with Gasteiger partial charge in [-0.3, -0.25) is 19.1 Å². The van der Waals surface area contributed by atoms with Gasteiger partial charge in [-0.2, -0.15) is 0 Å². The van der Waals surface area contributed by atoms with Crippen molar-refractivity contribution >= 4 is 27.5 Å². The van der Waals surface area contributed by atoms with Crippen LogP contribution in [0.2, 0.25) is 0 Å². The van der Waals surface area contributed by atoms with Crippen molar-refractivity contribution in [2.75, 3.05) is 26.7 Å². The van der Waals surface area contributed by atoms with Gasteiger partial charge in [0.15, 0.2) is 0 Å². The summed E-state index contributed by atoms with van der Waals surface area (Å²) in [7, 11) is 1.67. The Kier molecular flexibility index (Phi) is 7.20. The van der Waals surface area contributed by atoms with Crippen LogP contribution in [0.4, 0.5) is 0 Å². The Labute approximate surface area is 210 Å². The van der Waals surface area contributed by atoms with Crippen LogP contribution in [-0.4, -0.2) is 47.1 Å². The highest BCUT2D eigenvalue weighted by Crippen LogP contribution is 2.30. The Balaban J connectivity index is 1.40. The summed E-state index contributed by atoms with van der Waals surface area (Å²) in [4.78, 5) is 35.2. The largest absolute Gasteiger partial charge is 0.497 e. The first-order chi connectivity index (χ1) is 17.1. The Morgan fingerprint density at radius 1 is 1.09 bits per heavy atom. The van der Waals surface area contributed by atoms with Crippen molar-refractivity contribution in [2.24, 2.45) is 0 Å². The van der Waals surface area contributed by atoms with E-state index in [0.29, 0.717) is 28.2 Å². The Morgan fingerprint density at radius 2 is 1.80 bits per heavy atom. The van der Waals surface area contributed by atoms with E-state index < -0.39 is 0 Å². The summed E-state index contributed by atoms with van der Waals surface area (Å²) in [6, 6.07) is 8.24. The fraction of sp³-hybridized carbons (Fsp3) is 0.519. The van der Waals surface area contributed by atoms with Crippen LogP contribution in [0, 0.1) is 6.92 Å². The van der Waals surface area contributed by atoms with Gasteiger partial charge >= 0.3 is 0 Å². The van der Waals surface area contributed by atoms with Gasteiger partial charge in [0, 0.05) is 19.5 Å². The molecule has 0 spiro atoms. The number of thiophene rings is 1. The smallest absolute Gasteiger partial charge is 0.262 e. The first-order valence-corrected chi connectivity index (χ1v) is 13.6. The number of aryl methyl sites for hydroxylation is 2. The minimum absolute atomic E-state index is 0.00382.